The number of likely N-dealkylation sites (tertiary alicyclic amines) is 1. The highest BCUT2D eigenvalue weighted by atomic mass is 19.4. The zero-order valence-corrected chi connectivity index (χ0v) is 19.8. The number of carbonyl (C=O) groups excluding carboxylic acids is 1. The van der Waals surface area contributed by atoms with E-state index in [9.17, 15) is 18.0 Å². The highest BCUT2D eigenvalue weighted by molar-refractivity contribution is 5.94. The molecule has 0 radical (unpaired) electrons. The number of ether oxygens (including phenoxy) is 1. The molecule has 186 valence electrons. The van der Waals surface area contributed by atoms with E-state index in [4.69, 9.17) is 4.74 Å². The Balaban J connectivity index is 1.65. The molecule has 1 aromatic carbocycles. The first-order valence-electron chi connectivity index (χ1n) is 11.3. The normalized spacial score (nSPS) is 16.8. The minimum Gasteiger partial charge on any atom is -0.484 e. The van der Waals surface area contributed by atoms with Crippen molar-refractivity contribution in [2.45, 2.75) is 32.0 Å². The molecule has 2 aromatic heterocycles. The zero-order chi connectivity index (χ0) is 25.2. The van der Waals surface area contributed by atoms with Crippen molar-refractivity contribution in [3.05, 3.63) is 47.9 Å². The number of aromatic nitrogens is 4. The van der Waals surface area contributed by atoms with Crippen LogP contribution in [0, 0.1) is 6.92 Å². The van der Waals surface area contributed by atoms with Crippen molar-refractivity contribution in [2.75, 3.05) is 26.7 Å². The maximum atomic E-state index is 13.1. The van der Waals surface area contributed by atoms with Crippen LogP contribution in [0.1, 0.15) is 29.0 Å². The van der Waals surface area contributed by atoms with Gasteiger partial charge in [0.25, 0.3) is 5.91 Å². The standard InChI is InChI=1S/C24H27F3N6O2/c1-15-19(12-28-33(15)3)22-30-20(16-6-8-18(9-7-16)35-14-24(25,26)27)11-21(31-22)23(34)29-17-5-4-10-32(2)13-17/h6-9,11-12,17H,4-5,10,13-14H2,1-3H3,(H,29,34)/t17-/m0/s1. The number of hydrogen-bond acceptors (Lipinski definition) is 6. The van der Waals surface area contributed by atoms with Crippen LogP contribution < -0.4 is 10.1 Å². The first-order chi connectivity index (χ1) is 16.6. The monoisotopic (exact) mass is 488 g/mol. The van der Waals surface area contributed by atoms with Crippen molar-refractivity contribution in [1.29, 1.82) is 0 Å². The molecule has 1 aliphatic heterocycles. The van der Waals surface area contributed by atoms with Crippen LogP contribution in [0.4, 0.5) is 13.2 Å². The lowest BCUT2D eigenvalue weighted by molar-refractivity contribution is -0.153. The van der Waals surface area contributed by atoms with Gasteiger partial charge in [-0.25, -0.2) is 9.97 Å². The van der Waals surface area contributed by atoms with E-state index in [-0.39, 0.29) is 23.4 Å². The number of benzene rings is 1. The second-order valence-electron chi connectivity index (χ2n) is 8.73. The van der Waals surface area contributed by atoms with E-state index >= 15 is 0 Å². The summed E-state index contributed by atoms with van der Waals surface area (Å²) >= 11 is 0. The summed E-state index contributed by atoms with van der Waals surface area (Å²) in [4.78, 5) is 24.5. The van der Waals surface area contributed by atoms with Gasteiger partial charge < -0.3 is 15.0 Å². The largest absolute Gasteiger partial charge is 0.484 e. The summed E-state index contributed by atoms with van der Waals surface area (Å²) < 4.78 is 43.8. The third-order valence-corrected chi connectivity index (χ3v) is 5.95. The first kappa shape index (κ1) is 24.6. The molecule has 1 N–H and O–H groups in total. The Hall–Kier alpha value is -3.47. The fourth-order valence-electron chi connectivity index (χ4n) is 3.98. The molecule has 0 saturated carbocycles. The molecule has 0 bridgehead atoms. The van der Waals surface area contributed by atoms with Crippen molar-refractivity contribution >= 4 is 5.91 Å². The summed E-state index contributed by atoms with van der Waals surface area (Å²) in [7, 11) is 3.82. The molecule has 1 fully saturated rings. The number of nitrogens with one attached hydrogen (secondary N) is 1. The average molecular weight is 489 g/mol. The molecule has 0 unspecified atom stereocenters. The van der Waals surface area contributed by atoms with Crippen molar-refractivity contribution in [2.24, 2.45) is 7.05 Å². The Bertz CT molecular complexity index is 1190. The summed E-state index contributed by atoms with van der Waals surface area (Å²) in [5.74, 6) is 0.126. The van der Waals surface area contributed by atoms with Crippen LogP contribution >= 0.6 is 0 Å². The van der Waals surface area contributed by atoms with Crippen molar-refractivity contribution < 1.29 is 22.7 Å². The molecule has 3 heterocycles. The van der Waals surface area contributed by atoms with Crippen LogP contribution in [0.25, 0.3) is 22.6 Å². The Labute approximate surface area is 201 Å². The third kappa shape index (κ3) is 6.16. The minimum atomic E-state index is -4.42. The third-order valence-electron chi connectivity index (χ3n) is 5.95. The van der Waals surface area contributed by atoms with E-state index < -0.39 is 12.8 Å². The maximum Gasteiger partial charge on any atom is 0.422 e. The highest BCUT2D eigenvalue weighted by Crippen LogP contribution is 2.27. The molecule has 1 atom stereocenters. The average Bonchev–Trinajstić information content (AvgIpc) is 3.15. The van der Waals surface area contributed by atoms with E-state index in [0.29, 0.717) is 22.6 Å². The molecule has 0 aliphatic carbocycles. The van der Waals surface area contributed by atoms with Gasteiger partial charge in [-0.15, -0.1) is 0 Å². The fraction of sp³-hybridized carbons (Fsp3) is 0.417. The van der Waals surface area contributed by atoms with Crippen molar-refractivity contribution in [3.63, 3.8) is 0 Å². The second-order valence-corrected chi connectivity index (χ2v) is 8.73. The number of aryl methyl sites for hydroxylation is 1. The van der Waals surface area contributed by atoms with Gasteiger partial charge in [-0.3, -0.25) is 9.48 Å². The molecule has 35 heavy (non-hydrogen) atoms. The van der Waals surface area contributed by atoms with E-state index in [2.05, 4.69) is 25.3 Å². The van der Waals surface area contributed by atoms with E-state index in [1.807, 2.05) is 14.0 Å². The Morgan fingerprint density at radius 1 is 1.20 bits per heavy atom. The number of nitrogens with zero attached hydrogens (tertiary/aromatic N) is 5. The number of piperidine rings is 1. The van der Waals surface area contributed by atoms with Gasteiger partial charge in [-0.2, -0.15) is 18.3 Å². The van der Waals surface area contributed by atoms with Crippen LogP contribution in [0.15, 0.2) is 36.5 Å². The smallest absolute Gasteiger partial charge is 0.422 e. The molecule has 1 aliphatic rings. The Morgan fingerprint density at radius 2 is 1.94 bits per heavy atom. The number of amides is 1. The topological polar surface area (TPSA) is 85.2 Å². The zero-order valence-electron chi connectivity index (χ0n) is 19.8. The summed E-state index contributed by atoms with van der Waals surface area (Å²) in [6, 6.07) is 7.69. The molecule has 1 amide bonds. The minimum absolute atomic E-state index is 0.0216. The van der Waals surface area contributed by atoms with Crippen molar-refractivity contribution in [1.82, 2.24) is 30.0 Å². The number of alkyl halides is 3. The van der Waals surface area contributed by atoms with Crippen molar-refractivity contribution in [3.8, 4) is 28.4 Å². The number of rotatable bonds is 6. The van der Waals surface area contributed by atoms with Gasteiger partial charge in [0.2, 0.25) is 0 Å². The fourth-order valence-corrected chi connectivity index (χ4v) is 3.98. The molecule has 3 aromatic rings. The summed E-state index contributed by atoms with van der Waals surface area (Å²) in [6.45, 7) is 2.27. The van der Waals surface area contributed by atoms with Crippen LogP contribution in [0.2, 0.25) is 0 Å². The quantitative estimate of drug-likeness (QED) is 0.571. The predicted octanol–water partition coefficient (Wildman–Crippen LogP) is 3.62. The predicted molar refractivity (Wildman–Crippen MR) is 124 cm³/mol. The van der Waals surface area contributed by atoms with Gasteiger partial charge in [0.15, 0.2) is 12.4 Å². The van der Waals surface area contributed by atoms with Gasteiger partial charge in [-0.1, -0.05) is 0 Å². The van der Waals surface area contributed by atoms with E-state index in [0.717, 1.165) is 31.6 Å². The molecule has 4 rings (SSSR count). The lowest BCUT2D eigenvalue weighted by atomic mass is 10.1. The van der Waals surface area contributed by atoms with Gasteiger partial charge in [0.1, 0.15) is 11.4 Å². The lowest BCUT2D eigenvalue weighted by Gasteiger charge is -2.30. The Morgan fingerprint density at radius 3 is 2.57 bits per heavy atom. The Kier molecular flexibility index (Phi) is 7.06. The van der Waals surface area contributed by atoms with Crippen LogP contribution in [0.5, 0.6) is 5.75 Å². The summed E-state index contributed by atoms with van der Waals surface area (Å²) in [5, 5.41) is 7.31. The molecule has 0 spiro atoms. The maximum absolute atomic E-state index is 13.1. The molecular formula is C24H27F3N6O2. The second kappa shape index (κ2) is 10.0. The summed E-state index contributed by atoms with van der Waals surface area (Å²) in [5.41, 5.74) is 2.80. The number of carbonyl (C=O) groups is 1. The number of hydrogen-bond donors (Lipinski definition) is 1. The summed E-state index contributed by atoms with van der Waals surface area (Å²) in [6.07, 6.45) is -0.890. The lowest BCUT2D eigenvalue weighted by Crippen LogP contribution is -2.46. The van der Waals surface area contributed by atoms with E-state index in [1.165, 1.54) is 12.1 Å². The number of halogens is 3. The first-order valence-corrected chi connectivity index (χ1v) is 11.3. The SMILES string of the molecule is Cc1c(-c2nc(C(=O)N[C@H]3CCCN(C)C3)cc(-c3ccc(OCC(F)(F)F)cc3)n2)cnn1C. The number of likely N-dealkylation sites (N-methyl/N-ethyl adjacent to an activating group) is 1. The van der Waals surface area contributed by atoms with Gasteiger partial charge >= 0.3 is 6.18 Å². The van der Waals surface area contributed by atoms with Gasteiger partial charge in [0, 0.05) is 30.9 Å². The van der Waals surface area contributed by atoms with Crippen LogP contribution in [0.3, 0.4) is 0 Å². The van der Waals surface area contributed by atoms with E-state index in [1.54, 1.807) is 36.1 Å². The molecular weight excluding hydrogens is 461 g/mol. The molecule has 8 nitrogen and oxygen atoms in total. The highest BCUT2D eigenvalue weighted by Gasteiger charge is 2.28. The molecule has 11 heteroatoms. The van der Waals surface area contributed by atoms with Crippen LogP contribution in [-0.4, -0.2) is 69.5 Å². The molecule has 1 saturated heterocycles. The van der Waals surface area contributed by atoms with Crippen LogP contribution in [-0.2, 0) is 7.05 Å². The van der Waals surface area contributed by atoms with Gasteiger partial charge in [-0.05, 0) is 63.7 Å². The van der Waals surface area contributed by atoms with Gasteiger partial charge in [0.05, 0.1) is 17.5 Å².